The van der Waals surface area contributed by atoms with E-state index in [-0.39, 0.29) is 12.6 Å². The monoisotopic (exact) mass is 461 g/mol. The first kappa shape index (κ1) is 23.6. The van der Waals surface area contributed by atoms with E-state index in [0.29, 0.717) is 29.5 Å². The fourth-order valence-electron chi connectivity index (χ4n) is 3.32. The molecule has 0 saturated carbocycles. The number of carbonyl (C=O) groups is 1. The molecule has 2 aromatic rings. The summed E-state index contributed by atoms with van der Waals surface area (Å²) in [4.78, 5) is 23.0. The summed E-state index contributed by atoms with van der Waals surface area (Å²) in [6, 6.07) is 1.55. The number of hydrogen-bond donors (Lipinski definition) is 2. The van der Waals surface area contributed by atoms with Gasteiger partial charge in [-0.2, -0.15) is 26.3 Å². The predicted molar refractivity (Wildman–Crippen MR) is 105 cm³/mol. The zero-order chi connectivity index (χ0) is 23.5. The van der Waals surface area contributed by atoms with Crippen LogP contribution in [0.3, 0.4) is 0 Å². The lowest BCUT2D eigenvalue weighted by Gasteiger charge is -2.27. The van der Waals surface area contributed by atoms with Crippen LogP contribution in [0.5, 0.6) is 0 Å². The van der Waals surface area contributed by atoms with Gasteiger partial charge in [-0.15, -0.1) is 0 Å². The third-order valence-electron chi connectivity index (χ3n) is 4.81. The molecule has 3 rings (SSSR count). The number of piperidine rings is 1. The number of urea groups is 1. The zero-order valence-electron chi connectivity index (χ0n) is 17.1. The number of benzene rings is 1. The quantitative estimate of drug-likeness (QED) is 0.619. The number of aromatic nitrogens is 2. The Kier molecular flexibility index (Phi) is 6.79. The molecule has 32 heavy (non-hydrogen) atoms. The van der Waals surface area contributed by atoms with Crippen LogP contribution in [0.15, 0.2) is 24.3 Å². The van der Waals surface area contributed by atoms with Crippen molar-refractivity contribution in [1.82, 2.24) is 15.3 Å². The van der Waals surface area contributed by atoms with E-state index in [1.165, 1.54) is 0 Å². The third-order valence-corrected chi connectivity index (χ3v) is 4.81. The molecule has 2 N–H and O–H groups in total. The molecule has 0 spiro atoms. The third kappa shape index (κ3) is 6.24. The summed E-state index contributed by atoms with van der Waals surface area (Å²) < 4.78 is 77.7. The smallest absolute Gasteiger partial charge is 0.341 e. The van der Waals surface area contributed by atoms with E-state index in [1.807, 2.05) is 10.2 Å². The van der Waals surface area contributed by atoms with Gasteiger partial charge in [-0.25, -0.2) is 14.8 Å². The van der Waals surface area contributed by atoms with Crippen molar-refractivity contribution >= 4 is 17.7 Å². The first-order valence-corrected chi connectivity index (χ1v) is 9.86. The van der Waals surface area contributed by atoms with Gasteiger partial charge in [0.05, 0.1) is 23.4 Å². The Balaban J connectivity index is 1.70. The van der Waals surface area contributed by atoms with E-state index >= 15 is 0 Å². The Morgan fingerprint density at radius 2 is 1.53 bits per heavy atom. The van der Waals surface area contributed by atoms with Crippen LogP contribution in [0.1, 0.15) is 41.8 Å². The molecule has 174 valence electrons. The SMILES string of the molecule is Cc1cc(CNC(=O)Nc2cc(C(F)(F)F)cc(C(F)(F)F)c2)nc(N2CCCCC2)n1. The molecule has 1 aliphatic rings. The van der Waals surface area contributed by atoms with Crippen LogP contribution >= 0.6 is 0 Å². The van der Waals surface area contributed by atoms with Crippen LogP contribution in [0.4, 0.5) is 42.8 Å². The highest BCUT2D eigenvalue weighted by molar-refractivity contribution is 5.89. The number of nitrogens with one attached hydrogen (secondary N) is 2. The van der Waals surface area contributed by atoms with Gasteiger partial charge in [0.25, 0.3) is 0 Å². The topological polar surface area (TPSA) is 70.2 Å². The molecule has 1 aromatic heterocycles. The number of rotatable bonds is 4. The van der Waals surface area contributed by atoms with Crippen molar-refractivity contribution in [2.75, 3.05) is 23.3 Å². The summed E-state index contributed by atoms with van der Waals surface area (Å²) in [5, 5.41) is 4.43. The second-order valence-electron chi connectivity index (χ2n) is 7.45. The number of aryl methyl sites for hydroxylation is 1. The number of halogens is 6. The van der Waals surface area contributed by atoms with Gasteiger partial charge >= 0.3 is 18.4 Å². The Morgan fingerprint density at radius 1 is 0.938 bits per heavy atom. The van der Waals surface area contributed by atoms with E-state index in [2.05, 4.69) is 15.3 Å². The van der Waals surface area contributed by atoms with Crippen LogP contribution < -0.4 is 15.5 Å². The molecule has 0 radical (unpaired) electrons. The van der Waals surface area contributed by atoms with E-state index in [4.69, 9.17) is 0 Å². The molecule has 0 bridgehead atoms. The van der Waals surface area contributed by atoms with Crippen LogP contribution in [-0.4, -0.2) is 29.1 Å². The first-order chi connectivity index (χ1) is 14.9. The number of anilines is 2. The number of carbonyl (C=O) groups excluding carboxylic acids is 1. The minimum absolute atomic E-state index is 0.00508. The lowest BCUT2D eigenvalue weighted by Crippen LogP contribution is -2.32. The standard InChI is InChI=1S/C20H21F6N5O/c1-12-7-16(29-17(28-12)31-5-3-2-4-6-31)11-27-18(32)30-15-9-13(19(21,22)23)8-14(10-15)20(24,25)26/h7-10H,2-6,11H2,1H3,(H2,27,30,32). The highest BCUT2D eigenvalue weighted by Crippen LogP contribution is 2.37. The molecule has 1 aromatic carbocycles. The van der Waals surface area contributed by atoms with E-state index < -0.39 is 35.2 Å². The van der Waals surface area contributed by atoms with Crippen LogP contribution in [0, 0.1) is 6.92 Å². The lowest BCUT2D eigenvalue weighted by molar-refractivity contribution is -0.143. The Morgan fingerprint density at radius 3 is 2.09 bits per heavy atom. The Labute approximate surface area is 180 Å². The molecular formula is C20H21F6N5O. The molecule has 1 saturated heterocycles. The van der Waals surface area contributed by atoms with Crippen molar-refractivity contribution in [1.29, 1.82) is 0 Å². The molecule has 2 amide bonds. The molecular weight excluding hydrogens is 440 g/mol. The normalized spacial score (nSPS) is 14.9. The largest absolute Gasteiger partial charge is 0.416 e. The van der Waals surface area contributed by atoms with E-state index in [1.54, 1.807) is 13.0 Å². The fraction of sp³-hybridized carbons (Fsp3) is 0.450. The van der Waals surface area contributed by atoms with E-state index in [9.17, 15) is 31.1 Å². The summed E-state index contributed by atoms with van der Waals surface area (Å²) in [5.41, 5.74) is -2.52. The molecule has 1 aliphatic heterocycles. The maximum absolute atomic E-state index is 13.0. The molecule has 0 aliphatic carbocycles. The van der Waals surface area contributed by atoms with Gasteiger partial charge in [-0.1, -0.05) is 0 Å². The van der Waals surface area contributed by atoms with E-state index in [0.717, 1.165) is 32.4 Å². The number of amides is 2. The van der Waals surface area contributed by atoms with Crippen molar-refractivity contribution in [2.45, 2.75) is 45.1 Å². The molecule has 1 fully saturated rings. The molecule has 12 heteroatoms. The summed E-state index contributed by atoms with van der Waals surface area (Å²) in [7, 11) is 0. The van der Waals surface area contributed by atoms with Gasteiger partial charge in [0.1, 0.15) is 0 Å². The lowest BCUT2D eigenvalue weighted by atomic mass is 10.1. The molecule has 2 heterocycles. The summed E-state index contributed by atoms with van der Waals surface area (Å²) in [5.74, 6) is 0.523. The van der Waals surface area contributed by atoms with Crippen LogP contribution in [0.2, 0.25) is 0 Å². The predicted octanol–water partition coefficient (Wildman–Crippen LogP) is 5.13. The molecule has 0 atom stereocenters. The van der Waals surface area contributed by atoms with Gasteiger partial charge in [-0.05, 0) is 50.5 Å². The average Bonchev–Trinajstić information content (AvgIpc) is 2.71. The number of alkyl halides is 6. The maximum atomic E-state index is 13.0. The zero-order valence-corrected chi connectivity index (χ0v) is 17.1. The van der Waals surface area contributed by atoms with Gasteiger partial charge in [0, 0.05) is 24.5 Å². The van der Waals surface area contributed by atoms with Crippen molar-refractivity contribution in [2.24, 2.45) is 0 Å². The second-order valence-corrected chi connectivity index (χ2v) is 7.45. The number of nitrogens with zero attached hydrogens (tertiary/aromatic N) is 3. The Hall–Kier alpha value is -3.05. The highest BCUT2D eigenvalue weighted by atomic mass is 19.4. The van der Waals surface area contributed by atoms with Gasteiger partial charge in [0.2, 0.25) is 5.95 Å². The van der Waals surface area contributed by atoms with Crippen molar-refractivity contribution in [3.63, 3.8) is 0 Å². The fourth-order valence-corrected chi connectivity index (χ4v) is 3.32. The van der Waals surface area contributed by atoms with Crippen molar-refractivity contribution in [3.8, 4) is 0 Å². The summed E-state index contributed by atoms with van der Waals surface area (Å²) in [6.07, 6.45) is -6.84. The first-order valence-electron chi connectivity index (χ1n) is 9.86. The van der Waals surface area contributed by atoms with Gasteiger partial charge in [0.15, 0.2) is 0 Å². The van der Waals surface area contributed by atoms with Crippen LogP contribution in [0.25, 0.3) is 0 Å². The Bertz CT molecular complexity index is 938. The molecule has 0 unspecified atom stereocenters. The number of hydrogen-bond acceptors (Lipinski definition) is 4. The van der Waals surface area contributed by atoms with Gasteiger partial charge in [-0.3, -0.25) is 0 Å². The summed E-state index contributed by atoms with van der Waals surface area (Å²) >= 11 is 0. The average molecular weight is 461 g/mol. The minimum Gasteiger partial charge on any atom is -0.341 e. The highest BCUT2D eigenvalue weighted by Gasteiger charge is 2.37. The summed E-state index contributed by atoms with van der Waals surface area (Å²) in [6.45, 7) is 3.31. The van der Waals surface area contributed by atoms with Crippen LogP contribution in [-0.2, 0) is 18.9 Å². The molecule has 6 nitrogen and oxygen atoms in total. The van der Waals surface area contributed by atoms with Crippen molar-refractivity contribution < 1.29 is 31.1 Å². The second kappa shape index (κ2) is 9.21. The van der Waals surface area contributed by atoms with Crippen molar-refractivity contribution in [3.05, 3.63) is 46.8 Å². The maximum Gasteiger partial charge on any atom is 0.416 e. The minimum atomic E-state index is -5.00. The van der Waals surface area contributed by atoms with Gasteiger partial charge < -0.3 is 15.5 Å².